The predicted octanol–water partition coefficient (Wildman–Crippen LogP) is 5.29. The molecule has 1 rings (SSSR count). The summed E-state index contributed by atoms with van der Waals surface area (Å²) in [5, 5.41) is 40.5. The lowest BCUT2D eigenvalue weighted by Crippen LogP contribution is -2.52. The van der Waals surface area contributed by atoms with Gasteiger partial charge in [0.25, 0.3) is 0 Å². The maximum absolute atomic E-state index is 10.4. The molecular weight excluding hydrogens is 456 g/mol. The standard InChI is InChI=1S/C16H34O4.C14H28O2/c1-9(2)13(17)15(19-11(5)6)16(20-12(7)8)14(18)10(3)4;1-9(2)11-5-6-12(14(16)7-11)13(8-15)10(3)4/h9-18H,1-8H3;9-16H,5-8H2,1-4H3. The molecule has 1 aliphatic rings. The molecule has 4 N–H and O–H groups in total. The van der Waals surface area contributed by atoms with Gasteiger partial charge in [0.2, 0.25) is 0 Å². The number of hydrogen-bond acceptors (Lipinski definition) is 6. The van der Waals surface area contributed by atoms with Crippen LogP contribution in [0, 0.1) is 41.4 Å². The van der Waals surface area contributed by atoms with Crippen molar-refractivity contribution in [2.45, 2.75) is 145 Å². The third kappa shape index (κ3) is 12.1. The van der Waals surface area contributed by atoms with E-state index in [1.807, 2.05) is 55.4 Å². The van der Waals surface area contributed by atoms with Crippen molar-refractivity contribution in [2.75, 3.05) is 6.61 Å². The van der Waals surface area contributed by atoms with Crippen molar-refractivity contribution in [2.24, 2.45) is 41.4 Å². The van der Waals surface area contributed by atoms with Crippen molar-refractivity contribution >= 4 is 0 Å². The Hall–Kier alpha value is -0.240. The Morgan fingerprint density at radius 2 is 1.08 bits per heavy atom. The largest absolute Gasteiger partial charge is 0.396 e. The van der Waals surface area contributed by atoms with Gasteiger partial charge in [0, 0.05) is 6.61 Å². The Morgan fingerprint density at radius 3 is 1.33 bits per heavy atom. The summed E-state index contributed by atoms with van der Waals surface area (Å²) >= 11 is 0. The summed E-state index contributed by atoms with van der Waals surface area (Å²) in [5.74, 6) is 2.44. The van der Waals surface area contributed by atoms with Crippen LogP contribution in [0.1, 0.15) is 102 Å². The summed E-state index contributed by atoms with van der Waals surface area (Å²) in [6.07, 6.45) is 0.521. The molecule has 8 atom stereocenters. The van der Waals surface area contributed by atoms with Gasteiger partial charge in [0.05, 0.1) is 30.5 Å². The van der Waals surface area contributed by atoms with Crippen LogP contribution in [-0.4, -0.2) is 69.8 Å². The second-order valence-corrected chi connectivity index (χ2v) is 12.9. The Labute approximate surface area is 223 Å². The van der Waals surface area contributed by atoms with E-state index in [1.165, 1.54) is 6.42 Å². The van der Waals surface area contributed by atoms with Crippen molar-refractivity contribution in [3.63, 3.8) is 0 Å². The van der Waals surface area contributed by atoms with Gasteiger partial charge in [0.15, 0.2) is 0 Å². The SMILES string of the molecule is CC(C)C1CCC(C(CO)C(C)C)C(O)C1.CC(C)OC(C(O)C(C)C)C(OC(C)C)C(O)C(C)C. The topological polar surface area (TPSA) is 99.4 Å². The Morgan fingerprint density at radius 1 is 0.667 bits per heavy atom. The maximum Gasteiger partial charge on any atom is 0.113 e. The summed E-state index contributed by atoms with van der Waals surface area (Å²) in [6.45, 7) is 24.4. The highest BCUT2D eigenvalue weighted by atomic mass is 16.6. The molecule has 8 unspecified atom stereocenters. The molecule has 218 valence electrons. The van der Waals surface area contributed by atoms with Gasteiger partial charge >= 0.3 is 0 Å². The Balaban J connectivity index is 0.000000696. The van der Waals surface area contributed by atoms with Gasteiger partial charge in [-0.2, -0.15) is 0 Å². The molecule has 1 saturated carbocycles. The average molecular weight is 519 g/mol. The molecule has 0 aromatic rings. The first-order valence-corrected chi connectivity index (χ1v) is 14.5. The molecule has 1 aliphatic carbocycles. The fourth-order valence-corrected chi connectivity index (χ4v) is 5.24. The lowest BCUT2D eigenvalue weighted by atomic mass is 9.68. The molecule has 0 aromatic carbocycles. The molecule has 6 nitrogen and oxygen atoms in total. The normalized spacial score (nSPS) is 25.3. The minimum absolute atomic E-state index is 0.0361. The van der Waals surface area contributed by atoms with Crippen LogP contribution in [0.25, 0.3) is 0 Å². The van der Waals surface area contributed by atoms with Crippen LogP contribution in [0.15, 0.2) is 0 Å². The van der Waals surface area contributed by atoms with Gasteiger partial charge in [-0.15, -0.1) is 0 Å². The molecule has 0 radical (unpaired) electrons. The van der Waals surface area contributed by atoms with Crippen LogP contribution in [-0.2, 0) is 9.47 Å². The van der Waals surface area contributed by atoms with Crippen molar-refractivity contribution in [3.05, 3.63) is 0 Å². The van der Waals surface area contributed by atoms with Crippen LogP contribution in [0.2, 0.25) is 0 Å². The predicted molar refractivity (Wildman–Crippen MR) is 149 cm³/mol. The monoisotopic (exact) mass is 518 g/mol. The van der Waals surface area contributed by atoms with E-state index in [4.69, 9.17) is 9.47 Å². The van der Waals surface area contributed by atoms with E-state index >= 15 is 0 Å². The second kappa shape index (κ2) is 17.4. The number of aliphatic hydroxyl groups is 4. The smallest absolute Gasteiger partial charge is 0.113 e. The number of hydrogen-bond donors (Lipinski definition) is 4. The van der Waals surface area contributed by atoms with E-state index in [0.717, 1.165) is 12.8 Å². The molecular formula is C30H62O6. The quantitative estimate of drug-likeness (QED) is 0.264. The van der Waals surface area contributed by atoms with Crippen LogP contribution in [0.5, 0.6) is 0 Å². The van der Waals surface area contributed by atoms with Gasteiger partial charge < -0.3 is 29.9 Å². The lowest BCUT2D eigenvalue weighted by molar-refractivity contribution is -0.193. The number of ether oxygens (including phenoxy) is 2. The molecule has 0 spiro atoms. The molecule has 0 aromatic heterocycles. The van der Waals surface area contributed by atoms with Crippen LogP contribution in [0.3, 0.4) is 0 Å². The van der Waals surface area contributed by atoms with E-state index in [2.05, 4.69) is 27.7 Å². The first kappa shape index (κ1) is 35.8. The van der Waals surface area contributed by atoms with Crippen molar-refractivity contribution in [1.29, 1.82) is 0 Å². The Bertz CT molecular complexity index is 522. The van der Waals surface area contributed by atoms with Crippen LogP contribution < -0.4 is 0 Å². The highest BCUT2D eigenvalue weighted by molar-refractivity contribution is 4.88. The highest BCUT2D eigenvalue weighted by Crippen LogP contribution is 2.39. The minimum atomic E-state index is -0.672. The molecule has 6 heteroatoms. The first-order valence-electron chi connectivity index (χ1n) is 14.5. The van der Waals surface area contributed by atoms with Crippen molar-refractivity contribution in [3.8, 4) is 0 Å². The van der Waals surface area contributed by atoms with E-state index in [1.54, 1.807) is 0 Å². The van der Waals surface area contributed by atoms with E-state index < -0.39 is 24.4 Å². The lowest BCUT2D eigenvalue weighted by Gasteiger charge is -2.40. The Kier molecular flexibility index (Phi) is 17.3. The van der Waals surface area contributed by atoms with Gasteiger partial charge in [0.1, 0.15) is 12.2 Å². The summed E-state index contributed by atoms with van der Waals surface area (Å²) in [6, 6.07) is 0. The fraction of sp³-hybridized carbons (Fsp3) is 1.00. The zero-order valence-corrected chi connectivity index (χ0v) is 25.5. The van der Waals surface area contributed by atoms with Crippen molar-refractivity contribution < 1.29 is 29.9 Å². The summed E-state index contributed by atoms with van der Waals surface area (Å²) < 4.78 is 11.7. The highest BCUT2D eigenvalue weighted by Gasteiger charge is 2.39. The summed E-state index contributed by atoms with van der Waals surface area (Å²) in [7, 11) is 0. The zero-order valence-electron chi connectivity index (χ0n) is 25.5. The zero-order chi connectivity index (χ0) is 28.3. The van der Waals surface area contributed by atoms with Gasteiger partial charge in [-0.1, -0.05) is 55.4 Å². The average Bonchev–Trinajstić information content (AvgIpc) is 2.76. The van der Waals surface area contributed by atoms with E-state index in [9.17, 15) is 20.4 Å². The van der Waals surface area contributed by atoms with Crippen LogP contribution in [0.4, 0.5) is 0 Å². The molecule has 36 heavy (non-hydrogen) atoms. The number of aliphatic hydroxyl groups excluding tert-OH is 4. The maximum atomic E-state index is 10.4. The molecule has 0 aliphatic heterocycles. The molecule has 0 saturated heterocycles. The number of rotatable bonds is 13. The fourth-order valence-electron chi connectivity index (χ4n) is 5.24. The summed E-state index contributed by atoms with van der Waals surface area (Å²) in [4.78, 5) is 0. The van der Waals surface area contributed by atoms with Gasteiger partial charge in [-0.05, 0) is 88.4 Å². The van der Waals surface area contributed by atoms with E-state index in [-0.39, 0.29) is 42.7 Å². The third-order valence-corrected chi connectivity index (χ3v) is 7.69. The molecule has 0 amide bonds. The van der Waals surface area contributed by atoms with Crippen LogP contribution >= 0.6 is 0 Å². The molecule has 0 bridgehead atoms. The molecule has 1 fully saturated rings. The third-order valence-electron chi connectivity index (χ3n) is 7.69. The second-order valence-electron chi connectivity index (χ2n) is 12.9. The summed E-state index contributed by atoms with van der Waals surface area (Å²) in [5.41, 5.74) is 0. The minimum Gasteiger partial charge on any atom is -0.396 e. The van der Waals surface area contributed by atoms with E-state index in [0.29, 0.717) is 23.7 Å². The first-order chi connectivity index (χ1) is 16.5. The van der Waals surface area contributed by atoms with Gasteiger partial charge in [-0.25, -0.2) is 0 Å². The van der Waals surface area contributed by atoms with Crippen molar-refractivity contribution in [1.82, 2.24) is 0 Å². The molecule has 0 heterocycles. The van der Waals surface area contributed by atoms with Gasteiger partial charge in [-0.3, -0.25) is 0 Å².